The molecule has 2 heterocycles. The number of sulfone groups is 1. The molecule has 0 aliphatic heterocycles. The maximum atomic E-state index is 12.8. The summed E-state index contributed by atoms with van der Waals surface area (Å²) in [4.78, 5) is 15.4. The maximum absolute atomic E-state index is 12.8. The molecule has 0 aromatic carbocycles. The summed E-state index contributed by atoms with van der Waals surface area (Å²) in [5, 5.41) is 6.75. The molecule has 2 aromatic rings. The minimum Gasteiger partial charge on any atom is -0.310 e. The molecule has 11 heteroatoms. The van der Waals surface area contributed by atoms with Gasteiger partial charge in [0.1, 0.15) is 16.3 Å². The van der Waals surface area contributed by atoms with E-state index in [2.05, 4.69) is 15.4 Å². The van der Waals surface area contributed by atoms with Crippen molar-refractivity contribution in [1.82, 2.24) is 14.8 Å². The van der Waals surface area contributed by atoms with E-state index >= 15 is 0 Å². The number of alkyl halides is 3. The van der Waals surface area contributed by atoms with Crippen molar-refractivity contribution in [2.45, 2.75) is 49.4 Å². The Morgan fingerprint density at radius 1 is 1.21 bits per heavy atom. The molecule has 0 aliphatic rings. The second-order valence-electron chi connectivity index (χ2n) is 7.08. The summed E-state index contributed by atoms with van der Waals surface area (Å²) in [6, 6.07) is 2.99. The summed E-state index contributed by atoms with van der Waals surface area (Å²) in [6.45, 7) is 6.18. The third-order valence-electron chi connectivity index (χ3n) is 4.29. The molecule has 2 rings (SSSR count). The Hall–Kier alpha value is -2.43. The Labute approximate surface area is 160 Å². The van der Waals surface area contributed by atoms with Crippen molar-refractivity contribution in [1.29, 1.82) is 0 Å². The average Bonchev–Trinajstić information content (AvgIpc) is 2.95. The lowest BCUT2D eigenvalue weighted by Crippen LogP contribution is -2.44. The zero-order valence-corrected chi connectivity index (χ0v) is 16.8. The van der Waals surface area contributed by atoms with Gasteiger partial charge in [-0.2, -0.15) is 18.3 Å². The number of pyridine rings is 1. The van der Waals surface area contributed by atoms with Gasteiger partial charge in [-0.15, -0.1) is 0 Å². The molecule has 0 bridgehead atoms. The number of amides is 1. The molecule has 0 unspecified atom stereocenters. The lowest BCUT2D eigenvalue weighted by Gasteiger charge is -2.23. The van der Waals surface area contributed by atoms with E-state index in [9.17, 15) is 26.4 Å². The van der Waals surface area contributed by atoms with Gasteiger partial charge < -0.3 is 5.32 Å². The fourth-order valence-electron chi connectivity index (χ4n) is 2.28. The Bertz CT molecular complexity index is 978. The predicted octanol–water partition coefficient (Wildman–Crippen LogP) is 3.15. The van der Waals surface area contributed by atoms with Crippen LogP contribution in [0.3, 0.4) is 0 Å². The van der Waals surface area contributed by atoms with Crippen LogP contribution in [0.5, 0.6) is 0 Å². The predicted molar refractivity (Wildman–Crippen MR) is 96.4 cm³/mol. The number of nitrogens with one attached hydrogen (secondary N) is 1. The second-order valence-corrected chi connectivity index (χ2v) is 9.58. The molecular weight excluding hydrogens is 397 g/mol. The summed E-state index contributed by atoms with van der Waals surface area (Å²) < 4.78 is 63.0. The molecule has 0 spiro atoms. The van der Waals surface area contributed by atoms with Gasteiger partial charge in [0.15, 0.2) is 9.84 Å². The number of aryl methyl sites for hydroxylation is 1. The van der Waals surface area contributed by atoms with Gasteiger partial charge in [-0.3, -0.25) is 14.5 Å². The molecule has 0 fully saturated rings. The zero-order chi connectivity index (χ0) is 21.5. The topological polar surface area (TPSA) is 94.0 Å². The quantitative estimate of drug-likeness (QED) is 0.805. The minimum absolute atomic E-state index is 0.104. The van der Waals surface area contributed by atoms with Crippen molar-refractivity contribution in [2.75, 3.05) is 5.32 Å². The van der Waals surface area contributed by atoms with E-state index in [1.807, 2.05) is 13.8 Å². The smallest absolute Gasteiger partial charge is 0.310 e. The highest BCUT2D eigenvalue weighted by Gasteiger charge is 2.44. The molecule has 0 saturated carbocycles. The summed E-state index contributed by atoms with van der Waals surface area (Å²) >= 11 is 0. The van der Waals surface area contributed by atoms with Crippen LogP contribution >= 0.6 is 0 Å². The highest BCUT2D eigenvalue weighted by molar-refractivity contribution is 7.93. The maximum Gasteiger partial charge on any atom is 0.433 e. The molecule has 0 saturated heterocycles. The molecule has 0 atom stereocenters. The van der Waals surface area contributed by atoms with Gasteiger partial charge in [0, 0.05) is 19.3 Å². The third-order valence-corrected chi connectivity index (χ3v) is 6.68. The van der Waals surface area contributed by atoms with Crippen LogP contribution in [-0.2, 0) is 27.9 Å². The molecule has 28 heavy (non-hydrogen) atoms. The van der Waals surface area contributed by atoms with Crippen LogP contribution in [-0.4, -0.2) is 33.8 Å². The number of anilines is 1. The van der Waals surface area contributed by atoms with Crippen molar-refractivity contribution >= 4 is 21.6 Å². The van der Waals surface area contributed by atoms with E-state index in [1.165, 1.54) is 18.5 Å². The normalized spacial score (nSPS) is 13.0. The lowest BCUT2D eigenvalue weighted by atomic mass is 10.1. The summed E-state index contributed by atoms with van der Waals surface area (Å²) in [7, 11) is -2.71. The molecular formula is C17H21F3N4O3S. The Balaban J connectivity index is 2.32. The SMILES string of the molecule is CC(C)c1cc(NC(=O)C(C)(C)S(=O)(=O)c2ccc(C(F)(F)F)nc2)n(C)n1. The molecule has 2 aromatic heterocycles. The van der Waals surface area contributed by atoms with Gasteiger partial charge in [0.05, 0.1) is 10.6 Å². The Morgan fingerprint density at radius 2 is 1.82 bits per heavy atom. The van der Waals surface area contributed by atoms with Crippen LogP contribution in [0.2, 0.25) is 0 Å². The molecule has 7 nitrogen and oxygen atoms in total. The van der Waals surface area contributed by atoms with Gasteiger partial charge in [-0.05, 0) is 31.9 Å². The minimum atomic E-state index is -4.69. The summed E-state index contributed by atoms with van der Waals surface area (Å²) in [6.07, 6.45) is -4.09. The van der Waals surface area contributed by atoms with Crippen molar-refractivity contribution in [2.24, 2.45) is 7.05 Å². The molecule has 0 radical (unpaired) electrons. The van der Waals surface area contributed by atoms with E-state index < -0.39 is 37.3 Å². The zero-order valence-electron chi connectivity index (χ0n) is 16.0. The van der Waals surface area contributed by atoms with Crippen LogP contribution in [0.15, 0.2) is 29.3 Å². The second kappa shape index (κ2) is 7.19. The number of carbonyl (C=O) groups is 1. The highest BCUT2D eigenvalue weighted by Crippen LogP contribution is 2.31. The summed E-state index contributed by atoms with van der Waals surface area (Å²) in [5.74, 6) is -0.431. The number of aromatic nitrogens is 3. The fraction of sp³-hybridized carbons (Fsp3) is 0.471. The molecule has 1 N–H and O–H groups in total. The van der Waals surface area contributed by atoms with Crippen LogP contribution < -0.4 is 5.32 Å². The first-order chi connectivity index (χ1) is 12.7. The number of halogens is 3. The van der Waals surface area contributed by atoms with Crippen LogP contribution in [0.1, 0.15) is 45.0 Å². The van der Waals surface area contributed by atoms with Gasteiger partial charge in [-0.25, -0.2) is 8.42 Å². The number of hydrogen-bond donors (Lipinski definition) is 1. The monoisotopic (exact) mass is 418 g/mol. The first-order valence-electron chi connectivity index (χ1n) is 8.31. The van der Waals surface area contributed by atoms with Crippen molar-refractivity contribution in [3.05, 3.63) is 35.8 Å². The summed E-state index contributed by atoms with van der Waals surface area (Å²) in [5.41, 5.74) is -0.504. The van der Waals surface area contributed by atoms with Crippen LogP contribution in [0.25, 0.3) is 0 Å². The first-order valence-corrected chi connectivity index (χ1v) is 9.79. The largest absolute Gasteiger partial charge is 0.433 e. The number of rotatable bonds is 5. The van der Waals surface area contributed by atoms with E-state index in [1.54, 1.807) is 13.1 Å². The third kappa shape index (κ3) is 4.03. The van der Waals surface area contributed by atoms with E-state index in [-0.39, 0.29) is 5.92 Å². The van der Waals surface area contributed by atoms with Gasteiger partial charge >= 0.3 is 6.18 Å². The standard InChI is InChI=1S/C17H21F3N4O3S/c1-10(2)12-8-14(24(5)23-12)22-15(25)16(3,4)28(26,27)11-6-7-13(21-9-11)17(18,19)20/h6-10H,1-5H3,(H,22,25). The highest BCUT2D eigenvalue weighted by atomic mass is 32.2. The number of nitrogens with zero attached hydrogens (tertiary/aromatic N) is 3. The average molecular weight is 418 g/mol. The van der Waals surface area contributed by atoms with E-state index in [4.69, 9.17) is 0 Å². The van der Waals surface area contributed by atoms with Gasteiger partial charge in [0.2, 0.25) is 5.91 Å². The van der Waals surface area contributed by atoms with E-state index in [0.717, 1.165) is 6.07 Å². The first kappa shape index (κ1) is 21.9. The molecule has 1 amide bonds. The van der Waals surface area contributed by atoms with Crippen molar-refractivity contribution in [3.63, 3.8) is 0 Å². The fourth-order valence-corrected chi connectivity index (χ4v) is 3.60. The number of carbonyl (C=O) groups excluding carboxylic acids is 1. The van der Waals surface area contributed by atoms with Gasteiger partial charge in [0.25, 0.3) is 0 Å². The Morgan fingerprint density at radius 3 is 2.25 bits per heavy atom. The molecule has 0 aliphatic carbocycles. The number of hydrogen-bond acceptors (Lipinski definition) is 5. The molecule has 154 valence electrons. The lowest BCUT2D eigenvalue weighted by molar-refractivity contribution is -0.141. The van der Waals surface area contributed by atoms with Crippen LogP contribution in [0, 0.1) is 0 Å². The van der Waals surface area contributed by atoms with Crippen molar-refractivity contribution < 1.29 is 26.4 Å². The van der Waals surface area contributed by atoms with Crippen molar-refractivity contribution in [3.8, 4) is 0 Å². The van der Waals surface area contributed by atoms with Crippen LogP contribution in [0.4, 0.5) is 19.0 Å². The Kier molecular flexibility index (Phi) is 5.61. The van der Waals surface area contributed by atoms with Gasteiger partial charge in [-0.1, -0.05) is 13.8 Å². The van der Waals surface area contributed by atoms with E-state index in [0.29, 0.717) is 23.8 Å².